The van der Waals surface area contributed by atoms with Crippen LogP contribution in [0.15, 0.2) is 12.7 Å². The molecule has 2 nitrogen and oxygen atoms in total. The lowest BCUT2D eigenvalue weighted by Crippen LogP contribution is -2.45. The van der Waals surface area contributed by atoms with E-state index in [1.165, 1.54) is 0 Å². The normalized spacial score (nSPS) is 17.5. The Hall–Kier alpha value is -0.340. The summed E-state index contributed by atoms with van der Waals surface area (Å²) in [7, 11) is 4.31. The van der Waals surface area contributed by atoms with Crippen LogP contribution >= 0.6 is 0 Å². The Morgan fingerprint density at radius 1 is 1.19 bits per heavy atom. The smallest absolute Gasteiger partial charge is 0.0237 e. The van der Waals surface area contributed by atoms with Crippen molar-refractivity contribution in [3.8, 4) is 0 Å². The third-order valence-corrected chi connectivity index (χ3v) is 3.47. The number of nitrogens with one attached hydrogen (secondary N) is 1. The second-order valence-electron chi connectivity index (χ2n) is 5.47. The SMILES string of the molecule is C=CCC(C)C(C)NCC(C(C)C)N(C)C. The number of nitrogens with zero attached hydrogens (tertiary/aromatic N) is 1. The third kappa shape index (κ3) is 5.66. The Bertz CT molecular complexity index is 179. The van der Waals surface area contributed by atoms with Crippen molar-refractivity contribution in [2.75, 3.05) is 20.6 Å². The van der Waals surface area contributed by atoms with Gasteiger partial charge >= 0.3 is 0 Å². The molecule has 0 fully saturated rings. The van der Waals surface area contributed by atoms with Crippen LogP contribution < -0.4 is 5.32 Å². The Balaban J connectivity index is 4.05. The fourth-order valence-electron chi connectivity index (χ4n) is 1.99. The van der Waals surface area contributed by atoms with E-state index >= 15 is 0 Å². The Morgan fingerprint density at radius 3 is 2.12 bits per heavy atom. The lowest BCUT2D eigenvalue weighted by molar-refractivity contribution is 0.213. The molecule has 3 unspecified atom stereocenters. The maximum atomic E-state index is 3.80. The Labute approximate surface area is 102 Å². The highest BCUT2D eigenvalue weighted by Gasteiger charge is 2.17. The minimum absolute atomic E-state index is 0.555. The van der Waals surface area contributed by atoms with Crippen molar-refractivity contribution in [3.63, 3.8) is 0 Å². The quantitative estimate of drug-likeness (QED) is 0.640. The van der Waals surface area contributed by atoms with Crippen molar-refractivity contribution in [1.29, 1.82) is 0 Å². The van der Waals surface area contributed by atoms with Gasteiger partial charge in [0, 0.05) is 18.6 Å². The predicted molar refractivity (Wildman–Crippen MR) is 73.8 cm³/mol. The van der Waals surface area contributed by atoms with Gasteiger partial charge in [0.15, 0.2) is 0 Å². The fraction of sp³-hybridized carbons (Fsp3) is 0.857. The molecule has 0 aromatic carbocycles. The molecule has 0 spiro atoms. The van der Waals surface area contributed by atoms with E-state index in [1.807, 2.05) is 6.08 Å². The number of likely N-dealkylation sites (N-methyl/N-ethyl adjacent to an activating group) is 1. The molecule has 0 rings (SSSR count). The maximum absolute atomic E-state index is 3.80. The van der Waals surface area contributed by atoms with Crippen molar-refractivity contribution < 1.29 is 0 Å². The van der Waals surface area contributed by atoms with E-state index in [1.54, 1.807) is 0 Å². The average molecular weight is 226 g/mol. The number of hydrogen-bond donors (Lipinski definition) is 1. The van der Waals surface area contributed by atoms with Crippen LogP contribution in [0.3, 0.4) is 0 Å². The second kappa shape index (κ2) is 7.86. The van der Waals surface area contributed by atoms with Crippen LogP contribution in [0.5, 0.6) is 0 Å². The van der Waals surface area contributed by atoms with Crippen LogP contribution in [-0.4, -0.2) is 37.6 Å². The van der Waals surface area contributed by atoms with Crippen molar-refractivity contribution >= 4 is 0 Å². The summed E-state index contributed by atoms with van der Waals surface area (Å²) in [5.41, 5.74) is 0. The number of rotatable bonds is 8. The highest BCUT2D eigenvalue weighted by atomic mass is 15.1. The molecule has 0 aliphatic carbocycles. The molecule has 96 valence electrons. The standard InChI is InChI=1S/C14H30N2/c1-8-9-12(4)13(5)15-10-14(11(2)3)16(6)7/h8,11-15H,1,9-10H2,2-7H3. The summed E-state index contributed by atoms with van der Waals surface area (Å²) in [6.07, 6.45) is 3.09. The van der Waals surface area contributed by atoms with E-state index in [0.717, 1.165) is 13.0 Å². The molecule has 0 saturated heterocycles. The van der Waals surface area contributed by atoms with Gasteiger partial charge in [-0.3, -0.25) is 0 Å². The molecule has 3 atom stereocenters. The average Bonchev–Trinajstić information content (AvgIpc) is 2.16. The van der Waals surface area contributed by atoms with Crippen LogP contribution in [0.2, 0.25) is 0 Å². The molecule has 0 heterocycles. The van der Waals surface area contributed by atoms with Crippen LogP contribution in [0.1, 0.15) is 34.1 Å². The van der Waals surface area contributed by atoms with E-state index in [2.05, 4.69) is 58.6 Å². The zero-order valence-electron chi connectivity index (χ0n) is 12.0. The first-order valence-electron chi connectivity index (χ1n) is 6.40. The minimum Gasteiger partial charge on any atom is -0.312 e. The van der Waals surface area contributed by atoms with Gasteiger partial charge in [-0.15, -0.1) is 6.58 Å². The minimum atomic E-state index is 0.555. The number of hydrogen-bond acceptors (Lipinski definition) is 2. The van der Waals surface area contributed by atoms with Gasteiger partial charge in [0.25, 0.3) is 0 Å². The van der Waals surface area contributed by atoms with E-state index in [0.29, 0.717) is 23.9 Å². The van der Waals surface area contributed by atoms with Crippen molar-refractivity contribution in [1.82, 2.24) is 10.2 Å². The second-order valence-corrected chi connectivity index (χ2v) is 5.47. The molecule has 16 heavy (non-hydrogen) atoms. The Morgan fingerprint density at radius 2 is 1.75 bits per heavy atom. The molecule has 0 radical (unpaired) electrons. The summed E-state index contributed by atoms with van der Waals surface area (Å²) in [5.74, 6) is 1.34. The van der Waals surface area contributed by atoms with Crippen LogP contribution in [0, 0.1) is 11.8 Å². The first kappa shape index (κ1) is 15.7. The number of allylic oxidation sites excluding steroid dienone is 1. The molecule has 0 aliphatic heterocycles. The van der Waals surface area contributed by atoms with E-state index < -0.39 is 0 Å². The summed E-state index contributed by atoms with van der Waals surface area (Å²) < 4.78 is 0. The molecular weight excluding hydrogens is 196 g/mol. The van der Waals surface area contributed by atoms with Crippen molar-refractivity contribution in [2.24, 2.45) is 11.8 Å². The van der Waals surface area contributed by atoms with Crippen molar-refractivity contribution in [3.05, 3.63) is 12.7 Å². The lowest BCUT2D eigenvalue weighted by Gasteiger charge is -2.31. The molecule has 0 aliphatic rings. The van der Waals surface area contributed by atoms with Gasteiger partial charge in [-0.2, -0.15) is 0 Å². The summed E-state index contributed by atoms with van der Waals surface area (Å²) in [4.78, 5) is 2.31. The first-order valence-corrected chi connectivity index (χ1v) is 6.40. The van der Waals surface area contributed by atoms with E-state index in [-0.39, 0.29) is 0 Å². The molecule has 1 N–H and O–H groups in total. The molecule has 2 heteroatoms. The molecule has 0 amide bonds. The largest absolute Gasteiger partial charge is 0.312 e. The molecule has 0 aromatic heterocycles. The highest BCUT2D eigenvalue weighted by Crippen LogP contribution is 2.10. The van der Waals surface area contributed by atoms with Crippen LogP contribution in [0.4, 0.5) is 0 Å². The van der Waals surface area contributed by atoms with E-state index in [9.17, 15) is 0 Å². The van der Waals surface area contributed by atoms with Gasteiger partial charge < -0.3 is 10.2 Å². The predicted octanol–water partition coefficient (Wildman–Crippen LogP) is 2.76. The first-order chi connectivity index (χ1) is 7.40. The summed E-state index contributed by atoms with van der Waals surface area (Å²) in [6, 6.07) is 1.16. The van der Waals surface area contributed by atoms with Gasteiger partial charge in [0.05, 0.1) is 0 Å². The summed E-state index contributed by atoms with van der Waals surface area (Å²) >= 11 is 0. The lowest BCUT2D eigenvalue weighted by atomic mass is 9.98. The monoisotopic (exact) mass is 226 g/mol. The van der Waals surface area contributed by atoms with Gasteiger partial charge in [0.2, 0.25) is 0 Å². The van der Waals surface area contributed by atoms with Crippen LogP contribution in [-0.2, 0) is 0 Å². The molecule has 0 bridgehead atoms. The summed E-state index contributed by atoms with van der Waals surface area (Å²) in [5, 5.41) is 3.64. The molecule has 0 aromatic rings. The molecule has 0 saturated carbocycles. The molecular formula is C14H30N2. The highest BCUT2D eigenvalue weighted by molar-refractivity contribution is 4.80. The van der Waals surface area contributed by atoms with Crippen LogP contribution in [0.25, 0.3) is 0 Å². The van der Waals surface area contributed by atoms with Gasteiger partial charge in [-0.25, -0.2) is 0 Å². The Kier molecular flexibility index (Phi) is 7.69. The van der Waals surface area contributed by atoms with Gasteiger partial charge in [-0.1, -0.05) is 26.8 Å². The third-order valence-electron chi connectivity index (χ3n) is 3.47. The summed E-state index contributed by atoms with van der Waals surface area (Å²) in [6.45, 7) is 14.0. The van der Waals surface area contributed by atoms with Gasteiger partial charge in [0.1, 0.15) is 0 Å². The topological polar surface area (TPSA) is 15.3 Å². The van der Waals surface area contributed by atoms with Crippen molar-refractivity contribution in [2.45, 2.75) is 46.2 Å². The maximum Gasteiger partial charge on any atom is 0.0237 e. The zero-order valence-corrected chi connectivity index (χ0v) is 12.0. The fourth-order valence-corrected chi connectivity index (χ4v) is 1.99. The van der Waals surface area contributed by atoms with Gasteiger partial charge in [-0.05, 0) is 39.3 Å². The zero-order chi connectivity index (χ0) is 12.7. The van der Waals surface area contributed by atoms with E-state index in [4.69, 9.17) is 0 Å².